The van der Waals surface area contributed by atoms with Crippen LogP contribution in [0.2, 0.25) is 0 Å². The van der Waals surface area contributed by atoms with Gasteiger partial charge in [0.1, 0.15) is 23.1 Å². The summed E-state index contributed by atoms with van der Waals surface area (Å²) in [5, 5.41) is 7.29. The molecule has 10 nitrogen and oxygen atoms in total. The van der Waals surface area contributed by atoms with E-state index in [4.69, 9.17) is 4.74 Å². The van der Waals surface area contributed by atoms with Gasteiger partial charge in [-0.05, 0) is 58.1 Å². The highest BCUT2D eigenvalue weighted by atomic mass is 16.5. The first-order valence-electron chi connectivity index (χ1n) is 11.4. The Balaban J connectivity index is 1.47. The Morgan fingerprint density at radius 3 is 2.59 bits per heavy atom. The van der Waals surface area contributed by atoms with Crippen molar-refractivity contribution in [2.24, 2.45) is 5.92 Å². The second-order valence-corrected chi connectivity index (χ2v) is 9.74. The van der Waals surface area contributed by atoms with Gasteiger partial charge in [-0.3, -0.25) is 9.78 Å². The van der Waals surface area contributed by atoms with E-state index >= 15 is 0 Å². The van der Waals surface area contributed by atoms with Crippen LogP contribution in [0, 0.1) is 12.8 Å². The Hall–Kier alpha value is -3.53. The monoisotopic (exact) mass is 465 g/mol. The van der Waals surface area contributed by atoms with Crippen LogP contribution in [0.25, 0.3) is 5.82 Å². The number of anilines is 1. The molecule has 1 fully saturated rings. The maximum atomic E-state index is 12.6. The summed E-state index contributed by atoms with van der Waals surface area (Å²) in [6.45, 7) is 9.56. The summed E-state index contributed by atoms with van der Waals surface area (Å²) in [6.07, 6.45) is 3.27. The molecule has 34 heavy (non-hydrogen) atoms. The number of ether oxygens (including phenoxy) is 1. The summed E-state index contributed by atoms with van der Waals surface area (Å²) in [4.78, 5) is 38.7. The number of aromatic amines is 1. The molecule has 3 aromatic rings. The SMILES string of the molecule is Cc1nc(-n2nc(C(C)(C)C)[nH]c2=O)ccc1Oc1ccnc(NC(=O)C2CCN(C)CC2)c1. The lowest BCUT2D eigenvalue weighted by atomic mass is 9.96. The van der Waals surface area contributed by atoms with Gasteiger partial charge in [-0.25, -0.2) is 14.8 Å². The van der Waals surface area contributed by atoms with Crippen molar-refractivity contribution in [3.8, 4) is 17.3 Å². The Morgan fingerprint density at radius 1 is 1.21 bits per heavy atom. The second-order valence-electron chi connectivity index (χ2n) is 9.74. The molecule has 0 unspecified atom stereocenters. The van der Waals surface area contributed by atoms with Crippen molar-refractivity contribution in [3.05, 3.63) is 52.5 Å². The lowest BCUT2D eigenvalue weighted by molar-refractivity contribution is -0.121. The molecule has 0 saturated carbocycles. The second kappa shape index (κ2) is 9.38. The molecule has 0 atom stereocenters. The van der Waals surface area contributed by atoms with Crippen LogP contribution in [0.3, 0.4) is 0 Å². The molecule has 2 N–H and O–H groups in total. The minimum absolute atomic E-state index is 0.00851. The zero-order valence-electron chi connectivity index (χ0n) is 20.3. The van der Waals surface area contributed by atoms with Crippen LogP contribution in [-0.2, 0) is 10.2 Å². The first-order chi connectivity index (χ1) is 16.1. The normalized spacial score (nSPS) is 15.3. The Kier molecular flexibility index (Phi) is 6.52. The van der Waals surface area contributed by atoms with Gasteiger partial charge in [0.05, 0.1) is 5.69 Å². The van der Waals surface area contributed by atoms with E-state index in [0.717, 1.165) is 25.9 Å². The molecule has 0 spiro atoms. The number of piperidine rings is 1. The van der Waals surface area contributed by atoms with E-state index in [1.807, 2.05) is 20.8 Å². The van der Waals surface area contributed by atoms with Gasteiger partial charge < -0.3 is 15.0 Å². The number of nitrogens with zero attached hydrogens (tertiary/aromatic N) is 5. The third-order valence-corrected chi connectivity index (χ3v) is 5.87. The van der Waals surface area contributed by atoms with Gasteiger partial charge in [0.15, 0.2) is 5.82 Å². The van der Waals surface area contributed by atoms with Crippen molar-refractivity contribution in [1.82, 2.24) is 29.6 Å². The van der Waals surface area contributed by atoms with Gasteiger partial charge in [-0.15, -0.1) is 5.10 Å². The van der Waals surface area contributed by atoms with Crippen molar-refractivity contribution in [2.75, 3.05) is 25.5 Å². The van der Waals surface area contributed by atoms with E-state index in [9.17, 15) is 9.59 Å². The molecule has 3 aromatic heterocycles. The predicted octanol–water partition coefficient (Wildman–Crippen LogP) is 3.03. The van der Waals surface area contributed by atoms with Gasteiger partial charge in [0.25, 0.3) is 0 Å². The van der Waals surface area contributed by atoms with Crippen LogP contribution < -0.4 is 15.7 Å². The molecule has 4 heterocycles. The topological polar surface area (TPSA) is 118 Å². The highest BCUT2D eigenvalue weighted by Crippen LogP contribution is 2.27. The van der Waals surface area contributed by atoms with Gasteiger partial charge >= 0.3 is 5.69 Å². The van der Waals surface area contributed by atoms with Crippen LogP contribution in [-0.4, -0.2) is 55.7 Å². The van der Waals surface area contributed by atoms with Crippen molar-refractivity contribution in [1.29, 1.82) is 0 Å². The fourth-order valence-electron chi connectivity index (χ4n) is 3.75. The molecule has 0 aromatic carbocycles. The van der Waals surface area contributed by atoms with Crippen LogP contribution in [0.1, 0.15) is 45.1 Å². The zero-order valence-corrected chi connectivity index (χ0v) is 20.3. The largest absolute Gasteiger partial charge is 0.455 e. The molecule has 180 valence electrons. The molecule has 0 radical (unpaired) electrons. The molecular weight excluding hydrogens is 434 g/mol. The summed E-state index contributed by atoms with van der Waals surface area (Å²) < 4.78 is 7.25. The highest BCUT2D eigenvalue weighted by Gasteiger charge is 2.24. The van der Waals surface area contributed by atoms with E-state index < -0.39 is 0 Å². The molecule has 1 amide bonds. The molecule has 0 bridgehead atoms. The van der Waals surface area contributed by atoms with Gasteiger partial charge in [-0.2, -0.15) is 4.68 Å². The number of likely N-dealkylation sites (tertiary alicyclic amines) is 1. The first-order valence-corrected chi connectivity index (χ1v) is 11.4. The van der Waals surface area contributed by atoms with Gasteiger partial charge in [-0.1, -0.05) is 20.8 Å². The fourth-order valence-corrected chi connectivity index (χ4v) is 3.75. The van der Waals surface area contributed by atoms with Crippen LogP contribution >= 0.6 is 0 Å². The number of hydrogen-bond donors (Lipinski definition) is 2. The summed E-state index contributed by atoms with van der Waals surface area (Å²) >= 11 is 0. The number of nitrogens with one attached hydrogen (secondary N) is 2. The number of hydrogen-bond acceptors (Lipinski definition) is 7. The Bertz CT molecular complexity index is 1230. The maximum Gasteiger partial charge on any atom is 0.349 e. The fraction of sp³-hybridized carbons (Fsp3) is 0.458. The summed E-state index contributed by atoms with van der Waals surface area (Å²) in [5.74, 6) is 2.47. The molecule has 0 aliphatic carbocycles. The van der Waals surface area contributed by atoms with E-state index in [1.165, 1.54) is 4.68 Å². The van der Waals surface area contributed by atoms with Crippen molar-refractivity contribution in [3.63, 3.8) is 0 Å². The summed E-state index contributed by atoms with van der Waals surface area (Å²) in [6, 6.07) is 6.83. The molecule has 1 aliphatic heterocycles. The average molecular weight is 466 g/mol. The number of carbonyl (C=O) groups is 1. The summed E-state index contributed by atoms with van der Waals surface area (Å²) in [7, 11) is 2.07. The molecular formula is C24H31N7O3. The Morgan fingerprint density at radius 2 is 1.94 bits per heavy atom. The number of amides is 1. The zero-order chi connectivity index (χ0) is 24.5. The quantitative estimate of drug-likeness (QED) is 0.595. The number of pyridine rings is 2. The number of rotatable bonds is 5. The standard InChI is InChI=1S/C24H31N7O3/c1-15-18(6-7-20(26-15)31-23(33)28-22(29-31)24(2,3)4)34-17-8-11-25-19(14-17)27-21(32)16-9-12-30(5)13-10-16/h6-8,11,14,16H,9-10,12-13H2,1-5H3,(H,25,27,32)(H,28,29,33). The minimum Gasteiger partial charge on any atom is -0.455 e. The molecule has 4 rings (SSSR count). The lowest BCUT2D eigenvalue weighted by Crippen LogP contribution is -2.36. The van der Waals surface area contributed by atoms with E-state index in [2.05, 4.69) is 37.3 Å². The lowest BCUT2D eigenvalue weighted by Gasteiger charge is -2.27. The summed E-state index contributed by atoms with van der Waals surface area (Å²) in [5.41, 5.74) is -0.0346. The van der Waals surface area contributed by atoms with Crippen molar-refractivity contribution < 1.29 is 9.53 Å². The van der Waals surface area contributed by atoms with E-state index in [-0.39, 0.29) is 22.9 Å². The van der Waals surface area contributed by atoms with E-state index in [0.29, 0.717) is 34.7 Å². The predicted molar refractivity (Wildman–Crippen MR) is 129 cm³/mol. The molecule has 10 heteroatoms. The smallest absolute Gasteiger partial charge is 0.349 e. The van der Waals surface area contributed by atoms with Crippen LogP contribution in [0.4, 0.5) is 5.82 Å². The number of aromatic nitrogens is 5. The van der Waals surface area contributed by atoms with Crippen LogP contribution in [0.5, 0.6) is 11.5 Å². The van der Waals surface area contributed by atoms with Crippen molar-refractivity contribution >= 4 is 11.7 Å². The third-order valence-electron chi connectivity index (χ3n) is 5.87. The molecule has 1 aliphatic rings. The number of H-pyrrole nitrogens is 1. The number of aryl methyl sites for hydroxylation is 1. The highest BCUT2D eigenvalue weighted by molar-refractivity contribution is 5.91. The minimum atomic E-state index is -0.343. The van der Waals surface area contributed by atoms with Gasteiger partial charge in [0, 0.05) is 23.6 Å². The third kappa shape index (κ3) is 5.33. The first kappa shape index (κ1) is 23.6. The maximum absolute atomic E-state index is 12.6. The Labute approximate surface area is 198 Å². The van der Waals surface area contributed by atoms with Gasteiger partial charge in [0.2, 0.25) is 5.91 Å². The average Bonchev–Trinajstić information content (AvgIpc) is 3.18. The van der Waals surface area contributed by atoms with E-state index in [1.54, 1.807) is 37.4 Å². The van der Waals surface area contributed by atoms with Crippen molar-refractivity contribution in [2.45, 2.75) is 46.0 Å². The number of carbonyl (C=O) groups excluding carboxylic acids is 1. The van der Waals surface area contributed by atoms with Crippen LogP contribution in [0.15, 0.2) is 35.3 Å². The molecule has 1 saturated heterocycles.